The molecule has 1 aromatic rings. The van der Waals surface area contributed by atoms with Gasteiger partial charge in [-0.2, -0.15) is 0 Å². The minimum Gasteiger partial charge on any atom is -0.381 e. The number of methoxy groups -OCH3 is 1. The summed E-state index contributed by atoms with van der Waals surface area (Å²) in [5.74, 6) is 1.74. The van der Waals surface area contributed by atoms with Gasteiger partial charge in [0.2, 0.25) is 0 Å². The SMILES string of the molecule is COC1CC(Nc2cc(Br)nc(C(C)(C)C)n2)C1. The van der Waals surface area contributed by atoms with Crippen molar-refractivity contribution >= 4 is 21.7 Å². The third-order valence-corrected chi connectivity index (χ3v) is 3.55. The minimum absolute atomic E-state index is 0.0467. The molecule has 4 nitrogen and oxygen atoms in total. The van der Waals surface area contributed by atoms with Crippen molar-refractivity contribution in [1.82, 2.24) is 9.97 Å². The van der Waals surface area contributed by atoms with E-state index in [1.54, 1.807) is 7.11 Å². The highest BCUT2D eigenvalue weighted by atomic mass is 79.9. The van der Waals surface area contributed by atoms with E-state index >= 15 is 0 Å². The number of nitrogens with zero attached hydrogens (tertiary/aromatic N) is 2. The van der Waals surface area contributed by atoms with Crippen LogP contribution in [0.4, 0.5) is 5.82 Å². The van der Waals surface area contributed by atoms with Gasteiger partial charge in [0.05, 0.1) is 6.10 Å². The van der Waals surface area contributed by atoms with Crippen LogP contribution in [0, 0.1) is 0 Å². The van der Waals surface area contributed by atoms with Gasteiger partial charge in [0.25, 0.3) is 0 Å². The molecule has 1 heterocycles. The Morgan fingerprint density at radius 2 is 2.00 bits per heavy atom. The molecule has 1 aliphatic rings. The largest absolute Gasteiger partial charge is 0.381 e. The van der Waals surface area contributed by atoms with E-state index in [9.17, 15) is 0 Å². The molecule has 1 aliphatic carbocycles. The van der Waals surface area contributed by atoms with Crippen molar-refractivity contribution in [3.63, 3.8) is 0 Å². The second-order valence-corrected chi connectivity index (χ2v) is 6.63. The zero-order valence-corrected chi connectivity index (χ0v) is 12.9. The fraction of sp³-hybridized carbons (Fsp3) is 0.692. The predicted octanol–water partition coefficient (Wildman–Crippen LogP) is 3.13. The van der Waals surface area contributed by atoms with Crippen LogP contribution in [0.15, 0.2) is 10.7 Å². The highest BCUT2D eigenvalue weighted by molar-refractivity contribution is 9.10. The predicted molar refractivity (Wildman–Crippen MR) is 75.9 cm³/mol. The number of nitrogens with one attached hydrogen (secondary N) is 1. The molecule has 0 bridgehead atoms. The van der Waals surface area contributed by atoms with Crippen molar-refractivity contribution in [2.45, 2.75) is 51.2 Å². The molecule has 5 heteroatoms. The zero-order valence-electron chi connectivity index (χ0n) is 11.3. The van der Waals surface area contributed by atoms with Gasteiger partial charge in [-0.1, -0.05) is 20.8 Å². The van der Waals surface area contributed by atoms with Crippen LogP contribution in [-0.4, -0.2) is 29.2 Å². The van der Waals surface area contributed by atoms with Crippen molar-refractivity contribution in [1.29, 1.82) is 0 Å². The second kappa shape index (κ2) is 5.13. The summed E-state index contributed by atoms with van der Waals surface area (Å²) in [7, 11) is 1.76. The number of hydrogen-bond donors (Lipinski definition) is 1. The highest BCUT2D eigenvalue weighted by Gasteiger charge is 2.29. The first-order chi connectivity index (χ1) is 8.38. The van der Waals surface area contributed by atoms with Crippen LogP contribution >= 0.6 is 15.9 Å². The van der Waals surface area contributed by atoms with Crippen LogP contribution in [0.3, 0.4) is 0 Å². The quantitative estimate of drug-likeness (QED) is 0.871. The van der Waals surface area contributed by atoms with Crippen molar-refractivity contribution in [2.75, 3.05) is 12.4 Å². The average molecular weight is 314 g/mol. The Hall–Kier alpha value is -0.680. The summed E-state index contributed by atoms with van der Waals surface area (Å²) in [6, 6.07) is 2.39. The van der Waals surface area contributed by atoms with Gasteiger partial charge >= 0.3 is 0 Å². The second-order valence-electron chi connectivity index (χ2n) is 5.82. The third kappa shape index (κ3) is 3.20. The van der Waals surface area contributed by atoms with E-state index in [-0.39, 0.29) is 5.41 Å². The van der Waals surface area contributed by atoms with Gasteiger partial charge in [-0.15, -0.1) is 0 Å². The topological polar surface area (TPSA) is 47.0 Å². The van der Waals surface area contributed by atoms with Crippen molar-refractivity contribution in [3.8, 4) is 0 Å². The molecule has 0 unspecified atom stereocenters. The first-order valence-electron chi connectivity index (χ1n) is 6.23. The normalized spacial score (nSPS) is 23.6. The maximum atomic E-state index is 5.27. The molecule has 0 amide bonds. The number of aromatic nitrogens is 2. The van der Waals surface area contributed by atoms with Gasteiger partial charge in [0.15, 0.2) is 0 Å². The number of anilines is 1. The lowest BCUT2D eigenvalue weighted by atomic mass is 9.89. The molecule has 0 atom stereocenters. The Labute approximate surface area is 117 Å². The Kier molecular flexibility index (Phi) is 3.92. The smallest absolute Gasteiger partial charge is 0.137 e. The lowest BCUT2D eigenvalue weighted by Crippen LogP contribution is -2.40. The van der Waals surface area contributed by atoms with E-state index in [0.29, 0.717) is 12.1 Å². The summed E-state index contributed by atoms with van der Waals surface area (Å²) in [6.07, 6.45) is 2.49. The van der Waals surface area contributed by atoms with E-state index in [1.165, 1.54) is 0 Å². The summed E-state index contributed by atoms with van der Waals surface area (Å²) in [5.41, 5.74) is -0.0467. The van der Waals surface area contributed by atoms with Crippen LogP contribution in [0.25, 0.3) is 0 Å². The van der Waals surface area contributed by atoms with Gasteiger partial charge in [-0.05, 0) is 28.8 Å². The molecule has 1 saturated carbocycles. The zero-order chi connectivity index (χ0) is 13.3. The molecule has 18 heavy (non-hydrogen) atoms. The molecule has 2 rings (SSSR count). The Morgan fingerprint density at radius 1 is 1.33 bits per heavy atom. The molecule has 0 saturated heterocycles. The molecule has 0 spiro atoms. The summed E-state index contributed by atoms with van der Waals surface area (Å²) in [5, 5.41) is 3.43. The molecule has 0 aliphatic heterocycles. The van der Waals surface area contributed by atoms with Gasteiger partial charge in [-0.25, -0.2) is 9.97 Å². The number of halogens is 1. The van der Waals surface area contributed by atoms with E-state index in [2.05, 4.69) is 52.0 Å². The average Bonchev–Trinajstić information content (AvgIpc) is 2.20. The molecule has 1 fully saturated rings. The number of hydrogen-bond acceptors (Lipinski definition) is 4. The maximum absolute atomic E-state index is 5.27. The summed E-state index contributed by atoms with van der Waals surface area (Å²) >= 11 is 3.45. The van der Waals surface area contributed by atoms with Gasteiger partial charge < -0.3 is 10.1 Å². The Morgan fingerprint density at radius 3 is 2.56 bits per heavy atom. The van der Waals surface area contributed by atoms with Crippen molar-refractivity contribution in [2.24, 2.45) is 0 Å². The Bertz CT molecular complexity index is 425. The molecule has 1 N–H and O–H groups in total. The first-order valence-corrected chi connectivity index (χ1v) is 7.02. The molecule has 100 valence electrons. The van der Waals surface area contributed by atoms with Crippen LogP contribution in [0.1, 0.15) is 39.4 Å². The monoisotopic (exact) mass is 313 g/mol. The summed E-state index contributed by atoms with van der Waals surface area (Å²) < 4.78 is 6.10. The minimum atomic E-state index is -0.0467. The number of ether oxygens (including phenoxy) is 1. The lowest BCUT2D eigenvalue weighted by Gasteiger charge is -2.35. The van der Waals surface area contributed by atoms with Crippen LogP contribution < -0.4 is 5.32 Å². The summed E-state index contributed by atoms with van der Waals surface area (Å²) in [6.45, 7) is 6.34. The van der Waals surface area contributed by atoms with Crippen LogP contribution in [0.5, 0.6) is 0 Å². The Balaban J connectivity index is 2.07. The van der Waals surface area contributed by atoms with E-state index in [4.69, 9.17) is 4.74 Å². The van der Waals surface area contributed by atoms with Crippen molar-refractivity contribution < 1.29 is 4.74 Å². The molecular formula is C13H20BrN3O. The summed E-state index contributed by atoms with van der Waals surface area (Å²) in [4.78, 5) is 9.01. The van der Waals surface area contributed by atoms with Crippen LogP contribution in [-0.2, 0) is 10.2 Å². The van der Waals surface area contributed by atoms with E-state index < -0.39 is 0 Å². The highest BCUT2D eigenvalue weighted by Crippen LogP contribution is 2.28. The number of rotatable bonds is 3. The fourth-order valence-corrected chi connectivity index (χ4v) is 2.30. The third-order valence-electron chi connectivity index (χ3n) is 3.15. The molecule has 0 radical (unpaired) electrons. The van der Waals surface area contributed by atoms with Gasteiger partial charge in [-0.3, -0.25) is 0 Å². The standard InChI is InChI=1S/C13H20BrN3O/c1-13(2,3)12-16-10(14)7-11(17-12)15-8-5-9(6-8)18-4/h7-9H,5-6H2,1-4H3,(H,15,16,17). The lowest BCUT2D eigenvalue weighted by molar-refractivity contribution is 0.0328. The first kappa shape index (κ1) is 13.7. The van der Waals surface area contributed by atoms with Crippen molar-refractivity contribution in [3.05, 3.63) is 16.5 Å². The van der Waals surface area contributed by atoms with E-state index in [0.717, 1.165) is 29.1 Å². The van der Waals surface area contributed by atoms with E-state index in [1.807, 2.05) is 6.07 Å². The van der Waals surface area contributed by atoms with Gasteiger partial charge in [0, 0.05) is 24.6 Å². The fourth-order valence-electron chi connectivity index (χ4n) is 1.91. The molecular weight excluding hydrogens is 294 g/mol. The molecule has 0 aromatic carbocycles. The van der Waals surface area contributed by atoms with Gasteiger partial charge in [0.1, 0.15) is 16.2 Å². The maximum Gasteiger partial charge on any atom is 0.137 e. The molecule has 1 aromatic heterocycles. The van der Waals surface area contributed by atoms with Crippen LogP contribution in [0.2, 0.25) is 0 Å².